The lowest BCUT2D eigenvalue weighted by atomic mass is 9.77. The van der Waals surface area contributed by atoms with E-state index in [9.17, 15) is 4.79 Å². The second kappa shape index (κ2) is 6.36. The summed E-state index contributed by atoms with van der Waals surface area (Å²) >= 11 is 0. The maximum Gasteiger partial charge on any atom is 0.332 e. The summed E-state index contributed by atoms with van der Waals surface area (Å²) in [6.07, 6.45) is 4.60. The molecule has 1 saturated carbocycles. The molecule has 4 nitrogen and oxygen atoms in total. The van der Waals surface area contributed by atoms with E-state index in [-0.39, 0.29) is 0 Å². The van der Waals surface area contributed by atoms with Gasteiger partial charge in [0.25, 0.3) is 0 Å². The topological polar surface area (TPSA) is 67.5 Å². The van der Waals surface area contributed by atoms with Crippen LogP contribution in [0.3, 0.4) is 0 Å². The van der Waals surface area contributed by atoms with Crippen molar-refractivity contribution in [2.24, 2.45) is 16.8 Å². The summed E-state index contributed by atoms with van der Waals surface area (Å²) in [7, 11) is 0. The normalized spacial score (nSPS) is 23.9. The Morgan fingerprint density at radius 1 is 1.21 bits per heavy atom. The second-order valence-electron chi connectivity index (χ2n) is 5.19. The van der Waals surface area contributed by atoms with Crippen molar-refractivity contribution >= 4 is 11.7 Å². The van der Waals surface area contributed by atoms with Gasteiger partial charge in [0, 0.05) is 5.71 Å². The monoisotopic (exact) mass is 259 g/mol. The van der Waals surface area contributed by atoms with E-state index < -0.39 is 6.03 Å². The average molecular weight is 259 g/mol. The molecule has 0 bridgehead atoms. The molecule has 1 aromatic carbocycles. The van der Waals surface area contributed by atoms with Crippen LogP contribution in [-0.2, 0) is 0 Å². The Hall–Kier alpha value is -1.84. The number of amides is 2. The average Bonchev–Trinajstić information content (AvgIpc) is 2.46. The number of hydrazone groups is 1. The van der Waals surface area contributed by atoms with Crippen LogP contribution in [0.4, 0.5) is 4.79 Å². The zero-order chi connectivity index (χ0) is 13.7. The summed E-state index contributed by atoms with van der Waals surface area (Å²) in [5.41, 5.74) is 9.74. The van der Waals surface area contributed by atoms with Gasteiger partial charge in [0.1, 0.15) is 0 Å². The van der Waals surface area contributed by atoms with Gasteiger partial charge in [0.15, 0.2) is 0 Å². The van der Waals surface area contributed by atoms with Gasteiger partial charge in [-0.1, -0.05) is 30.3 Å². The number of benzene rings is 1. The van der Waals surface area contributed by atoms with Gasteiger partial charge < -0.3 is 5.73 Å². The first-order chi connectivity index (χ1) is 9.16. The van der Waals surface area contributed by atoms with Crippen LogP contribution in [0, 0.1) is 5.92 Å². The molecule has 0 aliphatic heterocycles. The van der Waals surface area contributed by atoms with E-state index in [4.69, 9.17) is 5.73 Å². The molecule has 2 amide bonds. The fraction of sp³-hybridized carbons (Fsp3) is 0.467. The predicted octanol–water partition coefficient (Wildman–Crippen LogP) is 3.00. The number of hydrogen-bond donors (Lipinski definition) is 2. The number of primary amides is 1. The molecule has 19 heavy (non-hydrogen) atoms. The maximum atomic E-state index is 10.6. The molecule has 0 aromatic heterocycles. The Bertz CT molecular complexity index is 448. The molecular formula is C15H21N3O. The molecule has 3 N–H and O–H groups in total. The van der Waals surface area contributed by atoms with Crippen LogP contribution < -0.4 is 11.2 Å². The minimum atomic E-state index is -0.600. The number of nitrogens with one attached hydrogen (secondary N) is 1. The van der Waals surface area contributed by atoms with E-state index >= 15 is 0 Å². The van der Waals surface area contributed by atoms with Gasteiger partial charge in [-0.05, 0) is 50.0 Å². The highest BCUT2D eigenvalue weighted by atomic mass is 16.2. The zero-order valence-electron chi connectivity index (χ0n) is 11.3. The van der Waals surface area contributed by atoms with Crippen molar-refractivity contribution in [3.8, 4) is 0 Å². The number of carbonyl (C=O) groups is 1. The van der Waals surface area contributed by atoms with Gasteiger partial charge in [-0.2, -0.15) is 5.10 Å². The molecule has 0 radical (unpaired) electrons. The first-order valence-electron chi connectivity index (χ1n) is 6.81. The minimum Gasteiger partial charge on any atom is -0.350 e. The molecule has 0 atom stereocenters. The third kappa shape index (κ3) is 3.81. The standard InChI is InChI=1S/C15H21N3O/c1-11(17-18-15(16)19)12-7-9-14(10-8-12)13-5-3-2-4-6-13/h2-6,12,14H,7-10H2,1H3,(H3,16,18,19)/b17-11+. The molecule has 1 fully saturated rings. The Kier molecular flexibility index (Phi) is 4.55. The fourth-order valence-electron chi connectivity index (χ4n) is 2.80. The largest absolute Gasteiger partial charge is 0.350 e. The molecular weight excluding hydrogens is 238 g/mol. The first kappa shape index (κ1) is 13.6. The molecule has 1 aromatic rings. The predicted molar refractivity (Wildman–Crippen MR) is 77.0 cm³/mol. The van der Waals surface area contributed by atoms with Crippen molar-refractivity contribution < 1.29 is 4.79 Å². The summed E-state index contributed by atoms with van der Waals surface area (Å²) in [6.45, 7) is 1.96. The molecule has 1 aliphatic rings. The highest BCUT2D eigenvalue weighted by molar-refractivity contribution is 5.85. The summed E-state index contributed by atoms with van der Waals surface area (Å²) < 4.78 is 0. The SMILES string of the molecule is C/C(=N\NC(N)=O)C1CCC(c2ccccc2)CC1. The lowest BCUT2D eigenvalue weighted by Gasteiger charge is -2.28. The number of carbonyl (C=O) groups excluding carboxylic acids is 1. The van der Waals surface area contributed by atoms with E-state index in [0.29, 0.717) is 11.8 Å². The van der Waals surface area contributed by atoms with Gasteiger partial charge in [-0.15, -0.1) is 0 Å². The summed E-state index contributed by atoms with van der Waals surface area (Å²) in [5, 5.41) is 4.04. The Morgan fingerprint density at radius 2 is 1.84 bits per heavy atom. The highest BCUT2D eigenvalue weighted by Gasteiger charge is 2.23. The van der Waals surface area contributed by atoms with Gasteiger partial charge in [0.05, 0.1) is 0 Å². The van der Waals surface area contributed by atoms with Crippen LogP contribution in [0.15, 0.2) is 35.4 Å². The molecule has 2 rings (SSSR count). The van der Waals surface area contributed by atoms with Gasteiger partial charge in [-0.25, -0.2) is 10.2 Å². The molecule has 0 heterocycles. The van der Waals surface area contributed by atoms with Gasteiger partial charge in [0.2, 0.25) is 0 Å². The van der Waals surface area contributed by atoms with E-state index in [0.717, 1.165) is 18.6 Å². The van der Waals surface area contributed by atoms with Crippen LogP contribution in [0.25, 0.3) is 0 Å². The van der Waals surface area contributed by atoms with Crippen molar-refractivity contribution in [1.29, 1.82) is 0 Å². The van der Waals surface area contributed by atoms with Crippen molar-refractivity contribution in [3.05, 3.63) is 35.9 Å². The summed E-state index contributed by atoms with van der Waals surface area (Å²) in [5.74, 6) is 1.13. The molecule has 0 spiro atoms. The van der Waals surface area contributed by atoms with E-state index in [1.54, 1.807) is 0 Å². The van der Waals surface area contributed by atoms with Crippen LogP contribution in [0.1, 0.15) is 44.1 Å². The molecule has 4 heteroatoms. The van der Waals surface area contributed by atoms with Crippen molar-refractivity contribution in [1.82, 2.24) is 5.43 Å². The van der Waals surface area contributed by atoms with Crippen LogP contribution in [0.2, 0.25) is 0 Å². The Balaban J connectivity index is 1.89. The van der Waals surface area contributed by atoms with Crippen molar-refractivity contribution in [3.63, 3.8) is 0 Å². The zero-order valence-corrected chi connectivity index (χ0v) is 11.3. The Labute approximate surface area is 114 Å². The summed E-state index contributed by atoms with van der Waals surface area (Å²) in [6, 6.07) is 10.1. The van der Waals surface area contributed by atoms with Crippen LogP contribution in [-0.4, -0.2) is 11.7 Å². The lowest BCUT2D eigenvalue weighted by molar-refractivity contribution is 0.249. The molecule has 102 valence electrons. The highest BCUT2D eigenvalue weighted by Crippen LogP contribution is 2.36. The number of nitrogens with zero attached hydrogens (tertiary/aromatic N) is 1. The van der Waals surface area contributed by atoms with Crippen LogP contribution in [0.5, 0.6) is 0 Å². The number of rotatable bonds is 3. The molecule has 0 saturated heterocycles. The van der Waals surface area contributed by atoms with E-state index in [1.807, 2.05) is 6.92 Å². The first-order valence-corrected chi connectivity index (χ1v) is 6.81. The second-order valence-corrected chi connectivity index (χ2v) is 5.19. The number of hydrogen-bond acceptors (Lipinski definition) is 2. The molecule has 0 unspecified atom stereocenters. The number of nitrogens with two attached hydrogens (primary N) is 1. The smallest absolute Gasteiger partial charge is 0.332 e. The van der Waals surface area contributed by atoms with E-state index in [2.05, 4.69) is 40.9 Å². The summed E-state index contributed by atoms with van der Waals surface area (Å²) in [4.78, 5) is 10.6. The minimum absolute atomic E-state index is 0.465. The number of urea groups is 1. The quantitative estimate of drug-likeness (QED) is 0.636. The van der Waals surface area contributed by atoms with Gasteiger partial charge in [-0.3, -0.25) is 0 Å². The van der Waals surface area contributed by atoms with Crippen molar-refractivity contribution in [2.75, 3.05) is 0 Å². The third-order valence-corrected chi connectivity index (χ3v) is 3.93. The third-order valence-electron chi connectivity index (χ3n) is 3.93. The molecule has 1 aliphatic carbocycles. The fourth-order valence-corrected chi connectivity index (χ4v) is 2.80. The van der Waals surface area contributed by atoms with Crippen molar-refractivity contribution in [2.45, 2.75) is 38.5 Å². The lowest BCUT2D eigenvalue weighted by Crippen LogP contribution is -2.28. The maximum absolute atomic E-state index is 10.6. The Morgan fingerprint density at radius 3 is 2.42 bits per heavy atom. The van der Waals surface area contributed by atoms with Gasteiger partial charge >= 0.3 is 6.03 Å². The van der Waals surface area contributed by atoms with E-state index in [1.165, 1.54) is 18.4 Å². The van der Waals surface area contributed by atoms with Crippen LogP contribution >= 0.6 is 0 Å².